The van der Waals surface area contributed by atoms with E-state index in [4.69, 9.17) is 9.47 Å². The fraction of sp³-hybridized carbons (Fsp3) is 0.571. The number of nitrogens with one attached hydrogen (secondary N) is 1. The summed E-state index contributed by atoms with van der Waals surface area (Å²) in [4.78, 5) is 0. The van der Waals surface area contributed by atoms with Gasteiger partial charge in [0.2, 0.25) is 6.79 Å². The minimum Gasteiger partial charge on any atom is -0.454 e. The summed E-state index contributed by atoms with van der Waals surface area (Å²) in [6, 6.07) is 6.75. The lowest BCUT2D eigenvalue weighted by Crippen LogP contribution is -2.29. The molecule has 0 spiro atoms. The Kier molecular flexibility index (Phi) is 2.93. The molecule has 1 unspecified atom stereocenters. The standard InChI is InChI=1S/C14H19NO2/c1-10(15-8-11-2-3-11)6-12-4-5-13-14(7-12)17-9-16-13/h4-5,7,10-11,15H,2-3,6,8-9H2,1H3. The molecule has 1 aromatic rings. The van der Waals surface area contributed by atoms with Crippen LogP contribution in [-0.4, -0.2) is 19.4 Å². The molecule has 3 nitrogen and oxygen atoms in total. The van der Waals surface area contributed by atoms with Crippen molar-refractivity contribution in [1.82, 2.24) is 5.32 Å². The lowest BCUT2D eigenvalue weighted by molar-refractivity contribution is 0.174. The normalized spacial score (nSPS) is 19.4. The van der Waals surface area contributed by atoms with Crippen LogP contribution in [0.1, 0.15) is 25.3 Å². The van der Waals surface area contributed by atoms with Crippen LogP contribution < -0.4 is 14.8 Å². The molecule has 17 heavy (non-hydrogen) atoms. The van der Waals surface area contributed by atoms with E-state index in [1.165, 1.54) is 24.9 Å². The predicted molar refractivity (Wildman–Crippen MR) is 66.5 cm³/mol. The van der Waals surface area contributed by atoms with Crippen molar-refractivity contribution in [2.75, 3.05) is 13.3 Å². The van der Waals surface area contributed by atoms with E-state index in [1.807, 2.05) is 6.07 Å². The van der Waals surface area contributed by atoms with Crippen LogP contribution in [0.3, 0.4) is 0 Å². The van der Waals surface area contributed by atoms with Gasteiger partial charge in [-0.05, 0) is 56.3 Å². The summed E-state index contributed by atoms with van der Waals surface area (Å²) in [6.45, 7) is 3.77. The summed E-state index contributed by atoms with van der Waals surface area (Å²) >= 11 is 0. The largest absolute Gasteiger partial charge is 0.454 e. The SMILES string of the molecule is CC(Cc1ccc2c(c1)OCO2)NCC1CC1. The zero-order valence-corrected chi connectivity index (χ0v) is 10.2. The van der Waals surface area contributed by atoms with Gasteiger partial charge in [-0.25, -0.2) is 0 Å². The number of hydrogen-bond acceptors (Lipinski definition) is 3. The van der Waals surface area contributed by atoms with Gasteiger partial charge in [-0.3, -0.25) is 0 Å². The third-order valence-electron chi connectivity index (χ3n) is 3.43. The summed E-state index contributed by atoms with van der Waals surface area (Å²) in [5, 5.41) is 3.59. The Balaban J connectivity index is 1.56. The van der Waals surface area contributed by atoms with E-state index >= 15 is 0 Å². The molecule has 1 heterocycles. The highest BCUT2D eigenvalue weighted by atomic mass is 16.7. The molecule has 0 aromatic heterocycles. The first-order valence-electron chi connectivity index (χ1n) is 6.43. The van der Waals surface area contributed by atoms with Crippen molar-refractivity contribution in [3.05, 3.63) is 23.8 Å². The van der Waals surface area contributed by atoms with Gasteiger partial charge in [-0.2, -0.15) is 0 Å². The average molecular weight is 233 g/mol. The van der Waals surface area contributed by atoms with Crippen LogP contribution in [0.15, 0.2) is 18.2 Å². The molecular weight excluding hydrogens is 214 g/mol. The second kappa shape index (κ2) is 4.57. The van der Waals surface area contributed by atoms with E-state index in [1.54, 1.807) is 0 Å². The maximum absolute atomic E-state index is 5.39. The highest BCUT2D eigenvalue weighted by molar-refractivity contribution is 5.44. The lowest BCUT2D eigenvalue weighted by atomic mass is 10.1. The Morgan fingerprint density at radius 1 is 1.29 bits per heavy atom. The third kappa shape index (κ3) is 2.72. The summed E-state index contributed by atoms with van der Waals surface area (Å²) in [5.74, 6) is 2.69. The van der Waals surface area contributed by atoms with Crippen LogP contribution in [0, 0.1) is 5.92 Å². The van der Waals surface area contributed by atoms with Crippen LogP contribution in [0.4, 0.5) is 0 Å². The van der Waals surface area contributed by atoms with E-state index in [0.717, 1.165) is 23.8 Å². The first-order valence-corrected chi connectivity index (χ1v) is 6.43. The molecule has 0 radical (unpaired) electrons. The smallest absolute Gasteiger partial charge is 0.231 e. The van der Waals surface area contributed by atoms with Crippen LogP contribution in [-0.2, 0) is 6.42 Å². The predicted octanol–water partition coefficient (Wildman–Crippen LogP) is 2.35. The summed E-state index contributed by atoms with van der Waals surface area (Å²) in [5.41, 5.74) is 1.31. The molecule has 0 amide bonds. The Morgan fingerprint density at radius 3 is 2.94 bits per heavy atom. The minimum atomic E-state index is 0.355. The van der Waals surface area contributed by atoms with E-state index in [2.05, 4.69) is 24.4 Å². The van der Waals surface area contributed by atoms with Crippen LogP contribution in [0.25, 0.3) is 0 Å². The maximum Gasteiger partial charge on any atom is 0.231 e. The summed E-state index contributed by atoms with van der Waals surface area (Å²) in [7, 11) is 0. The first-order chi connectivity index (χ1) is 8.31. The molecule has 1 aliphatic heterocycles. The first kappa shape index (κ1) is 10.9. The Bertz CT molecular complexity index is 401. The van der Waals surface area contributed by atoms with Crippen molar-refractivity contribution in [1.29, 1.82) is 0 Å². The van der Waals surface area contributed by atoms with Crippen molar-refractivity contribution in [3.8, 4) is 11.5 Å². The molecule has 1 aromatic carbocycles. The van der Waals surface area contributed by atoms with Gasteiger partial charge in [-0.15, -0.1) is 0 Å². The molecule has 1 saturated carbocycles. The fourth-order valence-electron chi connectivity index (χ4n) is 2.18. The number of rotatable bonds is 5. The molecule has 1 aliphatic carbocycles. The molecular formula is C14H19NO2. The van der Waals surface area contributed by atoms with E-state index in [-0.39, 0.29) is 0 Å². The number of ether oxygens (including phenoxy) is 2. The van der Waals surface area contributed by atoms with E-state index in [0.29, 0.717) is 12.8 Å². The maximum atomic E-state index is 5.39. The minimum absolute atomic E-state index is 0.355. The number of benzene rings is 1. The van der Waals surface area contributed by atoms with Gasteiger partial charge in [0.15, 0.2) is 11.5 Å². The van der Waals surface area contributed by atoms with Crippen molar-refractivity contribution >= 4 is 0 Å². The molecule has 3 heteroatoms. The van der Waals surface area contributed by atoms with Crippen LogP contribution in [0.5, 0.6) is 11.5 Å². The van der Waals surface area contributed by atoms with Gasteiger partial charge in [0.25, 0.3) is 0 Å². The van der Waals surface area contributed by atoms with Gasteiger partial charge in [-0.1, -0.05) is 6.07 Å². The number of hydrogen-bond donors (Lipinski definition) is 1. The Morgan fingerprint density at radius 2 is 2.12 bits per heavy atom. The lowest BCUT2D eigenvalue weighted by Gasteiger charge is -2.13. The van der Waals surface area contributed by atoms with Crippen LogP contribution in [0.2, 0.25) is 0 Å². The molecule has 2 aliphatic rings. The monoisotopic (exact) mass is 233 g/mol. The quantitative estimate of drug-likeness (QED) is 0.846. The van der Waals surface area contributed by atoms with Gasteiger partial charge in [0, 0.05) is 6.04 Å². The van der Waals surface area contributed by atoms with Gasteiger partial charge in [0.05, 0.1) is 0 Å². The molecule has 3 rings (SSSR count). The van der Waals surface area contributed by atoms with Gasteiger partial charge in [0.1, 0.15) is 0 Å². The van der Waals surface area contributed by atoms with Gasteiger partial charge < -0.3 is 14.8 Å². The van der Waals surface area contributed by atoms with Crippen molar-refractivity contribution < 1.29 is 9.47 Å². The zero-order chi connectivity index (χ0) is 11.7. The molecule has 0 bridgehead atoms. The zero-order valence-electron chi connectivity index (χ0n) is 10.2. The third-order valence-corrected chi connectivity index (χ3v) is 3.43. The van der Waals surface area contributed by atoms with Crippen molar-refractivity contribution in [2.24, 2.45) is 5.92 Å². The molecule has 1 N–H and O–H groups in total. The fourth-order valence-corrected chi connectivity index (χ4v) is 2.18. The summed E-state index contributed by atoms with van der Waals surface area (Å²) in [6.07, 6.45) is 3.86. The molecule has 1 atom stereocenters. The van der Waals surface area contributed by atoms with Crippen molar-refractivity contribution in [3.63, 3.8) is 0 Å². The average Bonchev–Trinajstić information content (AvgIpc) is 3.04. The Labute approximate surface area is 102 Å². The molecule has 0 saturated heterocycles. The summed E-state index contributed by atoms with van der Waals surface area (Å²) < 4.78 is 10.7. The van der Waals surface area contributed by atoms with Crippen LogP contribution >= 0.6 is 0 Å². The topological polar surface area (TPSA) is 30.5 Å². The molecule has 92 valence electrons. The van der Waals surface area contributed by atoms with E-state index < -0.39 is 0 Å². The second-order valence-corrected chi connectivity index (χ2v) is 5.14. The highest BCUT2D eigenvalue weighted by Crippen LogP contribution is 2.33. The molecule has 1 fully saturated rings. The highest BCUT2D eigenvalue weighted by Gasteiger charge is 2.21. The van der Waals surface area contributed by atoms with E-state index in [9.17, 15) is 0 Å². The second-order valence-electron chi connectivity index (χ2n) is 5.14. The van der Waals surface area contributed by atoms with Gasteiger partial charge >= 0.3 is 0 Å². The van der Waals surface area contributed by atoms with Crippen molar-refractivity contribution in [2.45, 2.75) is 32.2 Å². The Hall–Kier alpha value is -1.22. The number of fused-ring (bicyclic) bond motifs is 1.